The first-order chi connectivity index (χ1) is 9.38. The Bertz CT molecular complexity index is 346. The molecular formula is C14H23N3S2. The van der Waals surface area contributed by atoms with Crippen LogP contribution in [0.4, 0.5) is 0 Å². The molecule has 106 valence electrons. The maximum Gasteiger partial charge on any atom is 0.0506 e. The number of thioether (sulfide) groups is 2. The first-order valence-electron chi connectivity index (χ1n) is 6.91. The van der Waals surface area contributed by atoms with Crippen LogP contribution in [0.5, 0.6) is 0 Å². The first kappa shape index (κ1) is 15.2. The molecule has 0 radical (unpaired) electrons. The lowest BCUT2D eigenvalue weighted by Gasteiger charge is -2.22. The monoisotopic (exact) mass is 297 g/mol. The fourth-order valence-electron chi connectivity index (χ4n) is 2.08. The third-order valence-corrected chi connectivity index (χ3v) is 5.09. The number of hydrogen-bond acceptors (Lipinski definition) is 5. The summed E-state index contributed by atoms with van der Waals surface area (Å²) in [6.45, 7) is 4.28. The van der Waals surface area contributed by atoms with E-state index in [1.54, 1.807) is 0 Å². The Morgan fingerprint density at radius 3 is 2.32 bits per heavy atom. The summed E-state index contributed by atoms with van der Waals surface area (Å²) in [7, 11) is 0. The Labute approximate surface area is 124 Å². The minimum absolute atomic E-state index is 0.797. The minimum atomic E-state index is 0.797. The van der Waals surface area contributed by atoms with Crippen LogP contribution in [0.2, 0.25) is 0 Å². The van der Waals surface area contributed by atoms with Crippen LogP contribution >= 0.6 is 23.5 Å². The molecule has 5 heteroatoms. The molecule has 0 unspecified atom stereocenters. The molecule has 0 aromatic carbocycles. The first-order valence-corrected chi connectivity index (χ1v) is 9.22. The van der Waals surface area contributed by atoms with Gasteiger partial charge in [0.25, 0.3) is 0 Å². The Morgan fingerprint density at radius 2 is 1.74 bits per heavy atom. The largest absolute Gasteiger partial charge is 0.330 e. The molecule has 0 aliphatic carbocycles. The van der Waals surface area contributed by atoms with E-state index in [4.69, 9.17) is 10.7 Å². The van der Waals surface area contributed by atoms with Crippen LogP contribution in [0, 0.1) is 0 Å². The molecule has 19 heavy (non-hydrogen) atoms. The van der Waals surface area contributed by atoms with Crippen LogP contribution in [0.15, 0.2) is 18.2 Å². The lowest BCUT2D eigenvalue weighted by molar-refractivity contribution is 0.306. The lowest BCUT2D eigenvalue weighted by Crippen LogP contribution is -2.31. The minimum Gasteiger partial charge on any atom is -0.330 e. The number of nitrogens with zero attached hydrogens (tertiary/aromatic N) is 2. The van der Waals surface area contributed by atoms with Crippen molar-refractivity contribution in [3.63, 3.8) is 0 Å². The molecule has 2 rings (SSSR count). The number of hydrogen-bond donors (Lipinski definition) is 1. The Hall–Kier alpha value is -0.230. The van der Waals surface area contributed by atoms with E-state index in [1.165, 1.54) is 36.0 Å². The Kier molecular flexibility index (Phi) is 7.06. The van der Waals surface area contributed by atoms with E-state index < -0.39 is 0 Å². The SMILES string of the molecule is NCCCN1CCSCc2cccc(n2)CSCC1. The van der Waals surface area contributed by atoms with E-state index in [9.17, 15) is 0 Å². The second-order valence-electron chi connectivity index (χ2n) is 4.71. The van der Waals surface area contributed by atoms with E-state index in [0.717, 1.165) is 31.0 Å². The van der Waals surface area contributed by atoms with Gasteiger partial charge < -0.3 is 10.6 Å². The molecule has 0 atom stereocenters. The van der Waals surface area contributed by atoms with E-state index in [1.807, 2.05) is 23.5 Å². The molecule has 0 fully saturated rings. The van der Waals surface area contributed by atoms with Gasteiger partial charge in [-0.15, -0.1) is 0 Å². The van der Waals surface area contributed by atoms with Crippen molar-refractivity contribution in [2.75, 3.05) is 37.7 Å². The lowest BCUT2D eigenvalue weighted by atomic mass is 10.3. The summed E-state index contributed by atoms with van der Waals surface area (Å²) in [4.78, 5) is 7.25. The van der Waals surface area contributed by atoms with Gasteiger partial charge in [-0.25, -0.2) is 0 Å². The summed E-state index contributed by atoms with van der Waals surface area (Å²) in [5.74, 6) is 4.43. The van der Waals surface area contributed by atoms with Crippen molar-refractivity contribution in [2.45, 2.75) is 17.9 Å². The van der Waals surface area contributed by atoms with Gasteiger partial charge in [-0.05, 0) is 31.6 Å². The van der Waals surface area contributed by atoms with Crippen LogP contribution in [0.3, 0.4) is 0 Å². The van der Waals surface area contributed by atoms with E-state index in [-0.39, 0.29) is 0 Å². The number of fused-ring (bicyclic) bond motifs is 2. The van der Waals surface area contributed by atoms with Crippen molar-refractivity contribution in [3.05, 3.63) is 29.6 Å². The van der Waals surface area contributed by atoms with Crippen molar-refractivity contribution < 1.29 is 0 Å². The molecule has 0 saturated heterocycles. The number of rotatable bonds is 3. The highest BCUT2D eigenvalue weighted by Crippen LogP contribution is 2.16. The van der Waals surface area contributed by atoms with Crippen molar-refractivity contribution in [1.29, 1.82) is 0 Å². The van der Waals surface area contributed by atoms with Gasteiger partial charge in [0.15, 0.2) is 0 Å². The zero-order valence-electron chi connectivity index (χ0n) is 11.4. The molecule has 0 saturated carbocycles. The fourth-order valence-corrected chi connectivity index (χ4v) is 3.88. The van der Waals surface area contributed by atoms with Gasteiger partial charge in [0.1, 0.15) is 0 Å². The van der Waals surface area contributed by atoms with E-state index in [2.05, 4.69) is 23.1 Å². The zero-order valence-corrected chi connectivity index (χ0v) is 13.0. The van der Waals surface area contributed by atoms with Crippen molar-refractivity contribution in [2.24, 2.45) is 5.73 Å². The molecule has 2 heterocycles. The molecule has 1 aromatic rings. The van der Waals surface area contributed by atoms with Gasteiger partial charge in [-0.2, -0.15) is 23.5 Å². The fraction of sp³-hybridized carbons (Fsp3) is 0.643. The highest BCUT2D eigenvalue weighted by molar-refractivity contribution is 7.98. The van der Waals surface area contributed by atoms with Crippen molar-refractivity contribution >= 4 is 23.5 Å². The summed E-state index contributed by atoms with van der Waals surface area (Å²) in [6.07, 6.45) is 1.11. The molecule has 2 N–H and O–H groups in total. The molecular weight excluding hydrogens is 274 g/mol. The number of pyridine rings is 1. The Balaban J connectivity index is 1.89. The quantitative estimate of drug-likeness (QED) is 0.926. The highest BCUT2D eigenvalue weighted by Gasteiger charge is 2.07. The normalized spacial score (nSPS) is 18.6. The summed E-state index contributed by atoms with van der Waals surface area (Å²) in [6, 6.07) is 6.41. The molecule has 0 spiro atoms. The van der Waals surface area contributed by atoms with Crippen LogP contribution < -0.4 is 5.73 Å². The predicted molar refractivity (Wildman–Crippen MR) is 86.7 cm³/mol. The third-order valence-electron chi connectivity index (χ3n) is 3.15. The number of nitrogens with two attached hydrogens (primary N) is 1. The van der Waals surface area contributed by atoms with Gasteiger partial charge in [0, 0.05) is 36.1 Å². The Morgan fingerprint density at radius 1 is 1.11 bits per heavy atom. The summed E-state index contributed by atoms with van der Waals surface area (Å²) in [5, 5.41) is 0. The van der Waals surface area contributed by atoms with Crippen molar-refractivity contribution in [3.8, 4) is 0 Å². The van der Waals surface area contributed by atoms with E-state index in [0.29, 0.717) is 0 Å². The average Bonchev–Trinajstić information content (AvgIpc) is 2.43. The van der Waals surface area contributed by atoms with Crippen LogP contribution in [0.1, 0.15) is 17.8 Å². The van der Waals surface area contributed by atoms with Gasteiger partial charge >= 0.3 is 0 Å². The topological polar surface area (TPSA) is 42.1 Å². The standard InChI is InChI=1S/C14H23N3S2/c15-5-2-6-17-7-9-18-11-13-3-1-4-14(16-13)12-19-10-8-17/h1,3-4H,2,5-12,15H2. The molecule has 0 amide bonds. The summed E-state index contributed by atoms with van der Waals surface area (Å²) in [5.41, 5.74) is 8.05. The highest BCUT2D eigenvalue weighted by atomic mass is 32.2. The van der Waals surface area contributed by atoms with Crippen LogP contribution in [-0.2, 0) is 11.5 Å². The number of aromatic nitrogens is 1. The second-order valence-corrected chi connectivity index (χ2v) is 6.92. The molecule has 2 bridgehead atoms. The van der Waals surface area contributed by atoms with Crippen LogP contribution in [-0.4, -0.2) is 47.6 Å². The van der Waals surface area contributed by atoms with Gasteiger partial charge in [0.2, 0.25) is 0 Å². The van der Waals surface area contributed by atoms with Crippen molar-refractivity contribution in [1.82, 2.24) is 9.88 Å². The molecule has 1 aliphatic rings. The van der Waals surface area contributed by atoms with Gasteiger partial charge in [0.05, 0.1) is 11.4 Å². The van der Waals surface area contributed by atoms with Crippen LogP contribution in [0.25, 0.3) is 0 Å². The van der Waals surface area contributed by atoms with Gasteiger partial charge in [-0.1, -0.05) is 6.07 Å². The molecule has 1 aliphatic heterocycles. The second kappa shape index (κ2) is 8.84. The van der Waals surface area contributed by atoms with E-state index >= 15 is 0 Å². The zero-order chi connectivity index (χ0) is 13.3. The maximum atomic E-state index is 5.61. The smallest absolute Gasteiger partial charge is 0.0506 e. The summed E-state index contributed by atoms with van der Waals surface area (Å²) < 4.78 is 0. The summed E-state index contributed by atoms with van der Waals surface area (Å²) >= 11 is 3.97. The third kappa shape index (κ3) is 5.73. The predicted octanol–water partition coefficient (Wildman–Crippen LogP) is 2.21. The molecule has 3 nitrogen and oxygen atoms in total. The van der Waals surface area contributed by atoms with Gasteiger partial charge in [-0.3, -0.25) is 4.98 Å². The maximum absolute atomic E-state index is 5.61. The molecule has 1 aromatic heterocycles. The average molecular weight is 297 g/mol.